The van der Waals surface area contributed by atoms with E-state index in [1.165, 1.54) is 11.3 Å². The molecule has 1 aliphatic rings. The van der Waals surface area contributed by atoms with Crippen LogP contribution < -0.4 is 0 Å². The molecule has 1 aromatic rings. The number of thiophene rings is 1. The smallest absolute Gasteiger partial charge is 0.160 e. The normalized spacial score (nSPS) is 17.8. The molecule has 58 valence electrons. The average Bonchev–Trinajstić information content (AvgIpc) is 2.32. The van der Waals surface area contributed by atoms with E-state index in [0.29, 0.717) is 5.92 Å². The third kappa shape index (κ3) is 1.10. The Morgan fingerprint density at radius 3 is 3.00 bits per heavy atom. The molecule has 0 radical (unpaired) electrons. The lowest BCUT2D eigenvalue weighted by molar-refractivity contribution is 0.00841. The van der Waals surface area contributed by atoms with Gasteiger partial charge in [-0.05, 0) is 17.0 Å². The molecule has 1 aliphatic heterocycles. The lowest BCUT2D eigenvalue weighted by Crippen LogP contribution is -2.25. The molecule has 2 nitrogen and oxygen atoms in total. The zero-order valence-electron chi connectivity index (χ0n) is 5.95. The molecule has 2 rings (SSSR count). The summed E-state index contributed by atoms with van der Waals surface area (Å²) < 4.78 is 5.05. The minimum Gasteiger partial charge on any atom is -0.380 e. The third-order valence-electron chi connectivity index (χ3n) is 1.91. The molecule has 0 N–H and O–H groups in total. The summed E-state index contributed by atoms with van der Waals surface area (Å²) in [4.78, 5) is 11.4. The van der Waals surface area contributed by atoms with Crippen LogP contribution in [0.1, 0.15) is 21.2 Å². The standard InChI is InChI=1S/C8H8O2S/c9-3-8-7(1-2-11-8)6-4-10-5-6/h1-3,6H,4-5H2. The SMILES string of the molecule is O=Cc1sccc1C1COC1. The molecule has 0 aliphatic carbocycles. The summed E-state index contributed by atoms with van der Waals surface area (Å²) in [5, 5.41) is 1.96. The van der Waals surface area contributed by atoms with E-state index in [0.717, 1.165) is 29.9 Å². The lowest BCUT2D eigenvalue weighted by Gasteiger charge is -2.25. The largest absolute Gasteiger partial charge is 0.380 e. The Hall–Kier alpha value is -0.670. The van der Waals surface area contributed by atoms with Gasteiger partial charge in [0.05, 0.1) is 18.1 Å². The van der Waals surface area contributed by atoms with Crippen LogP contribution in [0, 0.1) is 0 Å². The molecule has 0 spiro atoms. The van der Waals surface area contributed by atoms with Crippen molar-refractivity contribution in [1.82, 2.24) is 0 Å². The number of ether oxygens (including phenoxy) is 1. The molecule has 1 aromatic heterocycles. The Morgan fingerprint density at radius 1 is 1.64 bits per heavy atom. The van der Waals surface area contributed by atoms with Gasteiger partial charge in [-0.25, -0.2) is 0 Å². The quantitative estimate of drug-likeness (QED) is 0.628. The summed E-state index contributed by atoms with van der Waals surface area (Å²) >= 11 is 1.50. The minimum absolute atomic E-state index is 0.474. The van der Waals surface area contributed by atoms with Gasteiger partial charge < -0.3 is 4.74 Å². The van der Waals surface area contributed by atoms with E-state index in [1.54, 1.807) is 0 Å². The Kier molecular flexibility index (Phi) is 1.75. The Bertz CT molecular complexity index is 263. The van der Waals surface area contributed by atoms with Gasteiger partial charge in [0, 0.05) is 5.92 Å². The molecule has 0 amide bonds. The number of carbonyl (C=O) groups is 1. The molecule has 3 heteroatoms. The first-order valence-corrected chi connectivity index (χ1v) is 4.40. The van der Waals surface area contributed by atoms with Crippen LogP contribution in [0.25, 0.3) is 0 Å². The van der Waals surface area contributed by atoms with Crippen molar-refractivity contribution in [3.63, 3.8) is 0 Å². The van der Waals surface area contributed by atoms with E-state index < -0.39 is 0 Å². The monoisotopic (exact) mass is 168 g/mol. The zero-order chi connectivity index (χ0) is 7.68. The molecule has 0 atom stereocenters. The summed E-state index contributed by atoms with van der Waals surface area (Å²) in [7, 11) is 0. The maximum absolute atomic E-state index is 10.5. The van der Waals surface area contributed by atoms with Crippen LogP contribution in [0.5, 0.6) is 0 Å². The first kappa shape index (κ1) is 7.00. The maximum Gasteiger partial charge on any atom is 0.160 e. The Labute approximate surface area is 68.8 Å². The number of rotatable bonds is 2. The summed E-state index contributed by atoms with van der Waals surface area (Å²) in [5.41, 5.74) is 1.16. The van der Waals surface area contributed by atoms with Crippen molar-refractivity contribution in [1.29, 1.82) is 0 Å². The maximum atomic E-state index is 10.5. The number of hydrogen-bond acceptors (Lipinski definition) is 3. The van der Waals surface area contributed by atoms with Crippen molar-refractivity contribution >= 4 is 17.6 Å². The van der Waals surface area contributed by atoms with Gasteiger partial charge in [-0.2, -0.15) is 0 Å². The van der Waals surface area contributed by atoms with Crippen LogP contribution in [0.15, 0.2) is 11.4 Å². The molecule has 0 bridgehead atoms. The van der Waals surface area contributed by atoms with Crippen LogP contribution in [-0.2, 0) is 4.74 Å². The number of carbonyl (C=O) groups excluding carboxylic acids is 1. The fraction of sp³-hybridized carbons (Fsp3) is 0.375. The van der Waals surface area contributed by atoms with Crippen molar-refractivity contribution in [2.24, 2.45) is 0 Å². The van der Waals surface area contributed by atoms with Crippen LogP contribution >= 0.6 is 11.3 Å². The second kappa shape index (κ2) is 2.75. The topological polar surface area (TPSA) is 26.3 Å². The Balaban J connectivity index is 2.27. The second-order valence-corrected chi connectivity index (χ2v) is 3.54. The van der Waals surface area contributed by atoms with Gasteiger partial charge in [0.25, 0.3) is 0 Å². The van der Waals surface area contributed by atoms with Gasteiger partial charge in [0.1, 0.15) is 0 Å². The number of hydrogen-bond donors (Lipinski definition) is 0. The molecule has 0 unspecified atom stereocenters. The van der Waals surface area contributed by atoms with Crippen molar-refractivity contribution in [3.8, 4) is 0 Å². The first-order valence-electron chi connectivity index (χ1n) is 3.52. The highest BCUT2D eigenvalue weighted by Gasteiger charge is 2.23. The molecule has 11 heavy (non-hydrogen) atoms. The van der Waals surface area contributed by atoms with E-state index in [4.69, 9.17) is 4.74 Å². The highest BCUT2D eigenvalue weighted by Crippen LogP contribution is 2.29. The summed E-state index contributed by atoms with van der Waals surface area (Å²) in [5.74, 6) is 0.474. The molecule has 2 heterocycles. The molecular weight excluding hydrogens is 160 g/mol. The fourth-order valence-corrected chi connectivity index (χ4v) is 1.97. The van der Waals surface area contributed by atoms with Crippen molar-refractivity contribution < 1.29 is 9.53 Å². The Morgan fingerprint density at radius 2 is 2.45 bits per heavy atom. The van der Waals surface area contributed by atoms with Gasteiger partial charge in [0.2, 0.25) is 0 Å². The molecule has 0 saturated carbocycles. The fourth-order valence-electron chi connectivity index (χ4n) is 1.18. The van der Waals surface area contributed by atoms with Crippen molar-refractivity contribution in [2.75, 3.05) is 13.2 Å². The van der Waals surface area contributed by atoms with Crippen LogP contribution in [0.2, 0.25) is 0 Å². The highest BCUT2D eigenvalue weighted by molar-refractivity contribution is 7.11. The predicted molar refractivity (Wildman–Crippen MR) is 43.3 cm³/mol. The zero-order valence-corrected chi connectivity index (χ0v) is 6.76. The summed E-state index contributed by atoms with van der Waals surface area (Å²) in [6.07, 6.45) is 0.929. The van der Waals surface area contributed by atoms with Crippen LogP contribution in [0.3, 0.4) is 0 Å². The lowest BCUT2D eigenvalue weighted by atomic mass is 9.99. The van der Waals surface area contributed by atoms with Gasteiger partial charge in [-0.15, -0.1) is 11.3 Å². The third-order valence-corrected chi connectivity index (χ3v) is 2.77. The van der Waals surface area contributed by atoms with Gasteiger partial charge >= 0.3 is 0 Å². The number of aldehydes is 1. The van der Waals surface area contributed by atoms with E-state index in [1.807, 2.05) is 11.4 Å². The average molecular weight is 168 g/mol. The molecular formula is C8H8O2S. The van der Waals surface area contributed by atoms with Gasteiger partial charge in [-0.1, -0.05) is 0 Å². The molecule has 1 saturated heterocycles. The predicted octanol–water partition coefficient (Wildman–Crippen LogP) is 1.67. The van der Waals surface area contributed by atoms with E-state index in [9.17, 15) is 4.79 Å². The van der Waals surface area contributed by atoms with E-state index in [2.05, 4.69) is 0 Å². The van der Waals surface area contributed by atoms with Crippen LogP contribution in [0.4, 0.5) is 0 Å². The van der Waals surface area contributed by atoms with Crippen molar-refractivity contribution in [3.05, 3.63) is 21.9 Å². The summed E-state index contributed by atoms with van der Waals surface area (Å²) in [6.45, 7) is 1.55. The highest BCUT2D eigenvalue weighted by atomic mass is 32.1. The van der Waals surface area contributed by atoms with Gasteiger partial charge in [0.15, 0.2) is 6.29 Å². The van der Waals surface area contributed by atoms with Crippen molar-refractivity contribution in [2.45, 2.75) is 5.92 Å². The molecule has 0 aromatic carbocycles. The van der Waals surface area contributed by atoms with E-state index in [-0.39, 0.29) is 0 Å². The first-order chi connectivity index (χ1) is 5.42. The minimum atomic E-state index is 0.474. The molecule has 1 fully saturated rings. The van der Waals surface area contributed by atoms with Crippen LogP contribution in [-0.4, -0.2) is 19.5 Å². The summed E-state index contributed by atoms with van der Waals surface area (Å²) in [6, 6.07) is 2.02. The van der Waals surface area contributed by atoms with Gasteiger partial charge in [-0.3, -0.25) is 4.79 Å². The van der Waals surface area contributed by atoms with E-state index >= 15 is 0 Å². The second-order valence-electron chi connectivity index (χ2n) is 2.59.